The molecule has 2 N–H and O–H groups in total. The van der Waals surface area contributed by atoms with E-state index in [4.69, 9.17) is 0 Å². The zero-order valence-electron chi connectivity index (χ0n) is 18.2. The number of nitrogens with zero attached hydrogens (tertiary/aromatic N) is 3. The molecule has 1 aliphatic carbocycles. The molecule has 8 nitrogen and oxygen atoms in total. The summed E-state index contributed by atoms with van der Waals surface area (Å²) in [5, 5.41) is 6.37. The molecule has 0 spiro atoms. The third-order valence-electron chi connectivity index (χ3n) is 6.57. The molecule has 0 radical (unpaired) electrons. The summed E-state index contributed by atoms with van der Waals surface area (Å²) >= 11 is 1.39. The van der Waals surface area contributed by atoms with Crippen LogP contribution in [0, 0.1) is 11.7 Å². The first kappa shape index (κ1) is 21.8. The van der Waals surface area contributed by atoms with Gasteiger partial charge in [-0.1, -0.05) is 24.2 Å². The van der Waals surface area contributed by atoms with Crippen molar-refractivity contribution < 1.29 is 18.8 Å². The molecule has 2 aliphatic heterocycles. The highest BCUT2D eigenvalue weighted by Crippen LogP contribution is 2.31. The fourth-order valence-corrected chi connectivity index (χ4v) is 5.85. The molecule has 4 amide bonds. The van der Waals surface area contributed by atoms with Crippen LogP contribution in [0.25, 0.3) is 0 Å². The Kier molecular flexibility index (Phi) is 6.01. The van der Waals surface area contributed by atoms with Crippen molar-refractivity contribution in [2.24, 2.45) is 5.92 Å². The van der Waals surface area contributed by atoms with Crippen LogP contribution in [-0.4, -0.2) is 46.9 Å². The van der Waals surface area contributed by atoms with Crippen LogP contribution in [0.3, 0.4) is 0 Å². The van der Waals surface area contributed by atoms with E-state index in [0.29, 0.717) is 36.9 Å². The number of carbonyl (C=O) groups is 3. The quantitative estimate of drug-likeness (QED) is 0.716. The van der Waals surface area contributed by atoms with Gasteiger partial charge in [0.25, 0.3) is 0 Å². The molecule has 2 fully saturated rings. The number of benzene rings is 1. The first-order valence-electron chi connectivity index (χ1n) is 11.4. The summed E-state index contributed by atoms with van der Waals surface area (Å²) in [6.45, 7) is 1.26. The summed E-state index contributed by atoms with van der Waals surface area (Å²) in [4.78, 5) is 46.7. The van der Waals surface area contributed by atoms with Gasteiger partial charge in [0.05, 0.1) is 18.2 Å². The number of amides is 4. The van der Waals surface area contributed by atoms with Gasteiger partial charge in [0.1, 0.15) is 5.82 Å². The first-order valence-corrected chi connectivity index (χ1v) is 12.2. The maximum atomic E-state index is 13.2. The Morgan fingerprint density at radius 2 is 1.91 bits per heavy atom. The summed E-state index contributed by atoms with van der Waals surface area (Å²) in [5.74, 6) is -0.973. The molecule has 1 saturated carbocycles. The summed E-state index contributed by atoms with van der Waals surface area (Å²) < 4.78 is 13.2. The van der Waals surface area contributed by atoms with Gasteiger partial charge in [0.15, 0.2) is 5.13 Å². The number of anilines is 2. The van der Waals surface area contributed by atoms with Crippen LogP contribution in [0.5, 0.6) is 0 Å². The topological polar surface area (TPSA) is 94.6 Å². The molecular formula is C23H26FN5O3S. The molecule has 0 bridgehead atoms. The highest BCUT2D eigenvalue weighted by molar-refractivity contribution is 7.15. The monoisotopic (exact) mass is 471 g/mol. The van der Waals surface area contributed by atoms with E-state index in [-0.39, 0.29) is 36.1 Å². The van der Waals surface area contributed by atoms with Crippen LogP contribution in [0.15, 0.2) is 24.3 Å². The normalized spacial score (nSPS) is 20.8. The Morgan fingerprint density at radius 1 is 1.15 bits per heavy atom. The lowest BCUT2D eigenvalue weighted by atomic mass is 10.1. The summed E-state index contributed by atoms with van der Waals surface area (Å²) in [5.41, 5.74) is 1.52. The van der Waals surface area contributed by atoms with Crippen LogP contribution in [0.1, 0.15) is 42.7 Å². The molecule has 1 saturated heterocycles. The smallest absolute Gasteiger partial charge is 0.321 e. The Morgan fingerprint density at radius 3 is 2.67 bits per heavy atom. The van der Waals surface area contributed by atoms with Crippen LogP contribution in [-0.2, 0) is 22.6 Å². The van der Waals surface area contributed by atoms with Gasteiger partial charge in [-0.05, 0) is 37.1 Å². The fraction of sp³-hybridized carbons (Fsp3) is 0.478. The number of hydrogen-bond acceptors (Lipinski definition) is 5. The molecule has 1 atom stereocenters. The second-order valence-electron chi connectivity index (χ2n) is 8.86. The lowest BCUT2D eigenvalue weighted by Crippen LogP contribution is -2.40. The number of nitrogens with one attached hydrogen (secondary N) is 2. The van der Waals surface area contributed by atoms with Gasteiger partial charge in [0, 0.05) is 42.5 Å². The molecule has 33 heavy (non-hydrogen) atoms. The summed E-state index contributed by atoms with van der Waals surface area (Å²) in [6, 6.07) is 5.74. The van der Waals surface area contributed by atoms with E-state index in [9.17, 15) is 18.8 Å². The lowest BCUT2D eigenvalue weighted by Gasteiger charge is -2.28. The SMILES string of the molecule is O=C(Nc1nc2c(s1)CN(C(=O)C1CC(=O)N(c3ccc(F)cc3)C1)CC2)NC1CCCC1. The number of fused-ring (bicyclic) bond motifs is 1. The minimum absolute atomic E-state index is 0.0551. The second kappa shape index (κ2) is 9.09. The molecule has 5 rings (SSSR count). The number of urea groups is 1. The van der Waals surface area contributed by atoms with Gasteiger partial charge in [-0.2, -0.15) is 0 Å². The number of hydrogen-bond donors (Lipinski definition) is 2. The van der Waals surface area contributed by atoms with Gasteiger partial charge in [-0.3, -0.25) is 14.9 Å². The minimum Gasteiger partial charge on any atom is -0.337 e. The van der Waals surface area contributed by atoms with Crippen molar-refractivity contribution in [2.45, 2.75) is 51.1 Å². The van der Waals surface area contributed by atoms with Gasteiger partial charge in [-0.15, -0.1) is 0 Å². The van der Waals surface area contributed by atoms with Gasteiger partial charge >= 0.3 is 6.03 Å². The lowest BCUT2D eigenvalue weighted by molar-refractivity contribution is -0.136. The first-order chi connectivity index (χ1) is 16.0. The van der Waals surface area contributed by atoms with Crippen LogP contribution >= 0.6 is 11.3 Å². The zero-order chi connectivity index (χ0) is 22.9. The highest BCUT2D eigenvalue weighted by Gasteiger charge is 2.38. The Balaban J connectivity index is 1.19. The second-order valence-corrected chi connectivity index (χ2v) is 9.94. The van der Waals surface area contributed by atoms with Crippen molar-refractivity contribution in [1.82, 2.24) is 15.2 Å². The maximum absolute atomic E-state index is 13.2. The van der Waals surface area contributed by atoms with Gasteiger partial charge in [-0.25, -0.2) is 14.2 Å². The summed E-state index contributed by atoms with van der Waals surface area (Å²) in [6.07, 6.45) is 5.09. The Hall–Kier alpha value is -3.01. The van der Waals surface area contributed by atoms with E-state index in [1.54, 1.807) is 21.9 Å². The predicted molar refractivity (Wildman–Crippen MR) is 123 cm³/mol. The van der Waals surface area contributed by atoms with Gasteiger partial charge in [0.2, 0.25) is 11.8 Å². The standard InChI is InChI=1S/C23H26FN5O3S/c24-15-5-7-17(8-6-15)29-12-14(11-20(29)30)21(31)28-10-9-18-19(13-28)33-23(26-18)27-22(32)25-16-3-1-2-4-16/h5-8,14,16H,1-4,9-13H2,(H2,25,26,27,32). The number of thiazole rings is 1. The van der Waals surface area contributed by atoms with E-state index in [2.05, 4.69) is 15.6 Å². The van der Waals surface area contributed by atoms with Gasteiger partial charge < -0.3 is 15.1 Å². The van der Waals surface area contributed by atoms with Crippen molar-refractivity contribution in [3.8, 4) is 0 Å². The molecule has 3 aliphatic rings. The Bertz CT molecular complexity index is 1070. The van der Waals surface area contributed by atoms with E-state index < -0.39 is 5.92 Å². The molecule has 10 heteroatoms. The fourth-order valence-electron chi connectivity index (χ4n) is 4.83. The molecular weight excluding hydrogens is 445 g/mol. The van der Waals surface area contributed by atoms with Crippen molar-refractivity contribution in [3.63, 3.8) is 0 Å². The largest absolute Gasteiger partial charge is 0.337 e. The van der Waals surface area contributed by atoms with E-state index >= 15 is 0 Å². The molecule has 3 heterocycles. The average Bonchev–Trinajstić information content (AvgIpc) is 3.53. The highest BCUT2D eigenvalue weighted by atomic mass is 32.1. The third kappa shape index (κ3) is 4.71. The average molecular weight is 472 g/mol. The van der Waals surface area contributed by atoms with Crippen molar-refractivity contribution >= 4 is 40.0 Å². The Labute approximate surface area is 195 Å². The van der Waals surface area contributed by atoms with Crippen LogP contribution in [0.4, 0.5) is 20.0 Å². The van der Waals surface area contributed by atoms with E-state index in [1.807, 2.05) is 0 Å². The number of aromatic nitrogens is 1. The number of carbonyl (C=O) groups excluding carboxylic acids is 3. The van der Waals surface area contributed by atoms with E-state index in [1.165, 1.54) is 23.5 Å². The summed E-state index contributed by atoms with van der Waals surface area (Å²) in [7, 11) is 0. The number of rotatable bonds is 4. The maximum Gasteiger partial charge on any atom is 0.321 e. The van der Waals surface area contributed by atoms with E-state index in [0.717, 1.165) is 36.3 Å². The molecule has 1 aromatic carbocycles. The molecule has 174 valence electrons. The minimum atomic E-state index is -0.424. The number of halogens is 1. The van der Waals surface area contributed by atoms with Crippen molar-refractivity contribution in [1.29, 1.82) is 0 Å². The molecule has 1 aromatic heterocycles. The molecule has 2 aromatic rings. The molecule has 1 unspecified atom stereocenters. The third-order valence-corrected chi connectivity index (χ3v) is 7.56. The zero-order valence-corrected chi connectivity index (χ0v) is 19.0. The predicted octanol–water partition coefficient (Wildman–Crippen LogP) is 3.28. The van der Waals surface area contributed by atoms with Crippen LogP contribution in [0.2, 0.25) is 0 Å². The van der Waals surface area contributed by atoms with Crippen molar-refractivity contribution in [3.05, 3.63) is 40.7 Å². The van der Waals surface area contributed by atoms with Crippen LogP contribution < -0.4 is 15.5 Å². The van der Waals surface area contributed by atoms with Crippen molar-refractivity contribution in [2.75, 3.05) is 23.3 Å².